The van der Waals surface area contributed by atoms with Crippen molar-refractivity contribution in [1.82, 2.24) is 4.90 Å². The number of nitrogens with zero attached hydrogens (tertiary/aromatic N) is 2. The van der Waals surface area contributed by atoms with Crippen LogP contribution in [0, 0.1) is 0 Å². The molecule has 0 aromatic rings. The van der Waals surface area contributed by atoms with Crippen molar-refractivity contribution in [2.24, 2.45) is 4.99 Å². The van der Waals surface area contributed by atoms with Crippen molar-refractivity contribution in [3.8, 4) is 0 Å². The van der Waals surface area contributed by atoms with Gasteiger partial charge in [-0.05, 0) is 53.4 Å². The number of hydrogen-bond acceptors (Lipinski definition) is 1. The zero-order valence-corrected chi connectivity index (χ0v) is 14.2. The highest BCUT2D eigenvalue weighted by Crippen LogP contribution is 2.11. The van der Waals surface area contributed by atoms with E-state index in [1.807, 2.05) is 25.3 Å². The first-order valence-electron chi connectivity index (χ1n) is 7.52. The maximum Gasteiger partial charge on any atom is 0.0848 e. The highest BCUT2D eigenvalue weighted by atomic mass is 15.1. The molecule has 0 heterocycles. The lowest BCUT2D eigenvalue weighted by molar-refractivity contribution is 0.640. The summed E-state index contributed by atoms with van der Waals surface area (Å²) in [5, 5.41) is 0. The molecule has 0 aromatic carbocycles. The smallest absolute Gasteiger partial charge is 0.0848 e. The van der Waals surface area contributed by atoms with Gasteiger partial charge in [0.25, 0.3) is 0 Å². The molecule has 0 bridgehead atoms. The lowest BCUT2D eigenvalue weighted by Gasteiger charge is -2.02. The van der Waals surface area contributed by atoms with Gasteiger partial charge >= 0.3 is 0 Å². The van der Waals surface area contributed by atoms with Gasteiger partial charge in [0, 0.05) is 14.1 Å². The Morgan fingerprint density at radius 2 is 1.40 bits per heavy atom. The van der Waals surface area contributed by atoms with Gasteiger partial charge in [0.05, 0.1) is 12.9 Å². The molecule has 0 aliphatic heterocycles. The average molecular weight is 276 g/mol. The van der Waals surface area contributed by atoms with Crippen LogP contribution in [0.4, 0.5) is 0 Å². The maximum atomic E-state index is 4.31. The second-order valence-corrected chi connectivity index (χ2v) is 5.90. The standard InChI is InChI=1S/C18H32N2/c1-16(2)9-7-10-17(3)11-8-12-18(4)13-14-19-15-20(5)6/h9,11,13,15H,7-8,10,12,14H2,1-6H3/b17-11+,18-13+,19-15?. The van der Waals surface area contributed by atoms with Gasteiger partial charge in [-0.1, -0.05) is 34.9 Å². The molecule has 0 rings (SSSR count). The van der Waals surface area contributed by atoms with Gasteiger partial charge in [0.2, 0.25) is 0 Å². The van der Waals surface area contributed by atoms with Crippen molar-refractivity contribution in [1.29, 1.82) is 0 Å². The molecule has 0 spiro atoms. The summed E-state index contributed by atoms with van der Waals surface area (Å²) in [6.45, 7) is 9.53. The predicted octanol–water partition coefficient (Wildman–Crippen LogP) is 5.00. The van der Waals surface area contributed by atoms with E-state index in [0.717, 1.165) is 19.4 Å². The Hall–Kier alpha value is -1.31. The third kappa shape index (κ3) is 13.1. The van der Waals surface area contributed by atoms with E-state index in [1.165, 1.54) is 29.6 Å². The van der Waals surface area contributed by atoms with Crippen LogP contribution in [0.1, 0.15) is 53.4 Å². The van der Waals surface area contributed by atoms with Gasteiger partial charge in [0.1, 0.15) is 0 Å². The highest BCUT2D eigenvalue weighted by molar-refractivity contribution is 5.53. The van der Waals surface area contributed by atoms with E-state index in [4.69, 9.17) is 0 Å². The molecule has 0 aromatic heterocycles. The molecular formula is C18H32N2. The third-order valence-corrected chi connectivity index (χ3v) is 2.98. The first-order chi connectivity index (χ1) is 9.41. The van der Waals surface area contributed by atoms with Gasteiger partial charge < -0.3 is 4.90 Å². The number of hydrogen-bond donors (Lipinski definition) is 0. The predicted molar refractivity (Wildman–Crippen MR) is 92.5 cm³/mol. The van der Waals surface area contributed by atoms with Gasteiger partial charge in [0.15, 0.2) is 0 Å². The topological polar surface area (TPSA) is 15.6 Å². The van der Waals surface area contributed by atoms with E-state index < -0.39 is 0 Å². The Morgan fingerprint density at radius 1 is 0.850 bits per heavy atom. The first-order valence-corrected chi connectivity index (χ1v) is 7.52. The highest BCUT2D eigenvalue weighted by Gasteiger charge is 1.91. The fourth-order valence-electron chi connectivity index (χ4n) is 1.76. The van der Waals surface area contributed by atoms with Crippen LogP contribution in [0.2, 0.25) is 0 Å². The third-order valence-electron chi connectivity index (χ3n) is 2.98. The van der Waals surface area contributed by atoms with Crippen molar-refractivity contribution >= 4 is 6.34 Å². The van der Waals surface area contributed by atoms with E-state index in [-0.39, 0.29) is 0 Å². The first kappa shape index (κ1) is 18.7. The zero-order chi connectivity index (χ0) is 15.4. The van der Waals surface area contributed by atoms with E-state index in [9.17, 15) is 0 Å². The molecule has 20 heavy (non-hydrogen) atoms. The Balaban J connectivity index is 3.91. The van der Waals surface area contributed by atoms with Crippen LogP contribution in [-0.2, 0) is 0 Å². The van der Waals surface area contributed by atoms with Crippen molar-refractivity contribution in [2.45, 2.75) is 53.4 Å². The van der Waals surface area contributed by atoms with Crippen molar-refractivity contribution in [2.75, 3.05) is 20.6 Å². The fraction of sp³-hybridized carbons (Fsp3) is 0.611. The quantitative estimate of drug-likeness (QED) is 0.329. The summed E-state index contributed by atoms with van der Waals surface area (Å²) in [6.07, 6.45) is 13.4. The second kappa shape index (κ2) is 11.5. The monoisotopic (exact) mass is 276 g/mol. The molecule has 0 amide bonds. The van der Waals surface area contributed by atoms with E-state index >= 15 is 0 Å². The minimum absolute atomic E-state index is 0.785. The van der Waals surface area contributed by atoms with Crippen LogP contribution < -0.4 is 0 Å². The van der Waals surface area contributed by atoms with Crippen molar-refractivity contribution < 1.29 is 0 Å². The molecule has 0 aliphatic carbocycles. The maximum absolute atomic E-state index is 4.31. The van der Waals surface area contributed by atoms with Crippen LogP contribution in [-0.4, -0.2) is 31.9 Å². The molecule has 2 heteroatoms. The van der Waals surface area contributed by atoms with Gasteiger partial charge in [-0.15, -0.1) is 0 Å². The Bertz CT molecular complexity index is 367. The van der Waals surface area contributed by atoms with Gasteiger partial charge in [-0.3, -0.25) is 4.99 Å². The number of allylic oxidation sites excluding steroid dienone is 5. The summed E-state index contributed by atoms with van der Waals surface area (Å²) in [7, 11) is 3.98. The Labute approximate surface area is 126 Å². The van der Waals surface area contributed by atoms with E-state index in [0.29, 0.717) is 0 Å². The summed E-state index contributed by atoms with van der Waals surface area (Å²) < 4.78 is 0. The fourth-order valence-corrected chi connectivity index (χ4v) is 1.76. The number of aliphatic imine (C=N–C) groups is 1. The summed E-state index contributed by atoms with van der Waals surface area (Å²) >= 11 is 0. The van der Waals surface area contributed by atoms with Gasteiger partial charge in [-0.2, -0.15) is 0 Å². The molecule has 0 atom stereocenters. The molecular weight excluding hydrogens is 244 g/mol. The molecule has 2 nitrogen and oxygen atoms in total. The Morgan fingerprint density at radius 3 is 1.95 bits per heavy atom. The molecule has 0 radical (unpaired) electrons. The summed E-state index contributed by atoms with van der Waals surface area (Å²) in [4.78, 5) is 6.27. The molecule has 0 saturated carbocycles. The van der Waals surface area contributed by atoms with Crippen molar-refractivity contribution in [3.63, 3.8) is 0 Å². The van der Waals surface area contributed by atoms with Crippen LogP contribution in [0.5, 0.6) is 0 Å². The Kier molecular flexibility index (Phi) is 10.8. The van der Waals surface area contributed by atoms with Crippen molar-refractivity contribution in [3.05, 3.63) is 34.9 Å². The molecule has 0 saturated heterocycles. The lowest BCUT2D eigenvalue weighted by Crippen LogP contribution is -2.07. The SMILES string of the molecule is CC(C)=CCC/C(C)=C/CC/C(C)=C/CN=CN(C)C. The summed E-state index contributed by atoms with van der Waals surface area (Å²) in [5.41, 5.74) is 4.34. The zero-order valence-electron chi connectivity index (χ0n) is 14.2. The van der Waals surface area contributed by atoms with Gasteiger partial charge in [-0.25, -0.2) is 0 Å². The van der Waals surface area contributed by atoms with E-state index in [2.05, 4.69) is 50.9 Å². The van der Waals surface area contributed by atoms with Crippen LogP contribution in [0.15, 0.2) is 39.9 Å². The van der Waals surface area contributed by atoms with Crippen LogP contribution in [0.25, 0.3) is 0 Å². The minimum Gasteiger partial charge on any atom is -0.369 e. The molecule has 0 unspecified atom stereocenters. The normalized spacial score (nSPS) is 12.9. The molecule has 0 aliphatic rings. The lowest BCUT2D eigenvalue weighted by atomic mass is 10.1. The number of rotatable bonds is 9. The second-order valence-electron chi connectivity index (χ2n) is 5.90. The average Bonchev–Trinajstić information content (AvgIpc) is 2.34. The van der Waals surface area contributed by atoms with Crippen LogP contribution in [0.3, 0.4) is 0 Å². The van der Waals surface area contributed by atoms with E-state index in [1.54, 1.807) is 0 Å². The molecule has 0 fully saturated rings. The summed E-state index contributed by atoms with van der Waals surface area (Å²) in [6, 6.07) is 0. The van der Waals surface area contributed by atoms with Crippen LogP contribution >= 0.6 is 0 Å². The minimum atomic E-state index is 0.785. The molecule has 0 N–H and O–H groups in total. The summed E-state index contributed by atoms with van der Waals surface area (Å²) in [5.74, 6) is 0. The largest absolute Gasteiger partial charge is 0.369 e. The molecule has 114 valence electrons.